The Balaban J connectivity index is 2.47. The van der Waals surface area contributed by atoms with Crippen LogP contribution >= 0.6 is 0 Å². The van der Waals surface area contributed by atoms with Crippen LogP contribution in [0.2, 0.25) is 0 Å². The van der Waals surface area contributed by atoms with E-state index in [-0.39, 0.29) is 11.1 Å². The number of nitrogens with zero attached hydrogens (tertiary/aromatic N) is 2. The van der Waals surface area contributed by atoms with Crippen LogP contribution in [0.4, 0.5) is 0 Å². The minimum absolute atomic E-state index is 0.0861. The molecule has 0 bridgehead atoms. The number of carbonyl (C=O) groups is 1. The van der Waals surface area contributed by atoms with Crippen LogP contribution in [0, 0.1) is 0 Å². The minimum Gasteiger partial charge on any atom is -0.478 e. The average Bonchev–Trinajstić information content (AvgIpc) is 2.46. The molecule has 0 fully saturated rings. The molecule has 3 rings (SSSR count). The third-order valence-corrected chi connectivity index (χ3v) is 3.35. The Morgan fingerprint density at radius 2 is 2.15 bits per heavy atom. The van der Waals surface area contributed by atoms with Gasteiger partial charge in [-0.05, 0) is 36.2 Å². The lowest BCUT2D eigenvalue weighted by Crippen LogP contribution is -2.16. The topological polar surface area (TPSA) is 71.7 Å². The number of carboxylic acids is 1. The fourth-order valence-corrected chi connectivity index (χ4v) is 2.29. The van der Waals surface area contributed by atoms with Crippen molar-refractivity contribution in [3.05, 3.63) is 58.0 Å². The third-order valence-electron chi connectivity index (χ3n) is 3.35. The summed E-state index contributed by atoms with van der Waals surface area (Å²) >= 11 is 0. The van der Waals surface area contributed by atoms with Crippen LogP contribution in [0.15, 0.2) is 41.3 Å². The van der Waals surface area contributed by atoms with Gasteiger partial charge < -0.3 is 5.11 Å². The van der Waals surface area contributed by atoms with E-state index in [2.05, 4.69) is 4.98 Å². The standard InChI is InChI=1S/C15H12N2O3/c1-2-9-4-3-7-17-13(9)16-12-6-5-10(15(19)20)8-11(12)14(17)18/h3-8H,2H2,1H3,(H,19,20). The number of fused-ring (bicyclic) bond motifs is 2. The number of aryl methyl sites for hydroxylation is 1. The number of aromatic carboxylic acids is 1. The second kappa shape index (κ2) is 4.45. The van der Waals surface area contributed by atoms with Crippen LogP contribution in [0.5, 0.6) is 0 Å². The molecule has 1 aromatic carbocycles. The molecule has 1 N–H and O–H groups in total. The molecule has 3 aromatic rings. The van der Waals surface area contributed by atoms with Gasteiger partial charge in [0.2, 0.25) is 0 Å². The van der Waals surface area contributed by atoms with Crippen molar-refractivity contribution in [2.24, 2.45) is 0 Å². The molecule has 0 unspecified atom stereocenters. The summed E-state index contributed by atoms with van der Waals surface area (Å²) in [5.41, 5.74) is 1.96. The highest BCUT2D eigenvalue weighted by Gasteiger charge is 2.10. The van der Waals surface area contributed by atoms with Gasteiger partial charge in [0, 0.05) is 6.20 Å². The second-order valence-electron chi connectivity index (χ2n) is 4.53. The van der Waals surface area contributed by atoms with Gasteiger partial charge in [0.15, 0.2) is 0 Å². The normalized spacial score (nSPS) is 11.1. The lowest BCUT2D eigenvalue weighted by molar-refractivity contribution is 0.0697. The Hall–Kier alpha value is -2.69. The summed E-state index contributed by atoms with van der Waals surface area (Å²) in [7, 11) is 0. The van der Waals surface area contributed by atoms with Crippen LogP contribution < -0.4 is 5.56 Å². The highest BCUT2D eigenvalue weighted by atomic mass is 16.4. The van der Waals surface area contributed by atoms with E-state index < -0.39 is 5.97 Å². The van der Waals surface area contributed by atoms with Crippen molar-refractivity contribution in [2.45, 2.75) is 13.3 Å². The molecule has 2 aromatic heterocycles. The van der Waals surface area contributed by atoms with Gasteiger partial charge in [-0.3, -0.25) is 9.20 Å². The van der Waals surface area contributed by atoms with Crippen LogP contribution in [-0.2, 0) is 6.42 Å². The van der Waals surface area contributed by atoms with E-state index in [1.54, 1.807) is 18.3 Å². The zero-order chi connectivity index (χ0) is 14.3. The predicted molar refractivity (Wildman–Crippen MR) is 75.3 cm³/mol. The van der Waals surface area contributed by atoms with Gasteiger partial charge in [0.25, 0.3) is 5.56 Å². The van der Waals surface area contributed by atoms with Crippen molar-refractivity contribution in [3.63, 3.8) is 0 Å². The van der Waals surface area contributed by atoms with Gasteiger partial charge >= 0.3 is 5.97 Å². The molecule has 0 atom stereocenters. The predicted octanol–water partition coefficient (Wildman–Crippen LogP) is 2.11. The Bertz CT molecular complexity index is 897. The van der Waals surface area contributed by atoms with E-state index in [0.717, 1.165) is 12.0 Å². The monoisotopic (exact) mass is 268 g/mol. The molecule has 0 amide bonds. The highest BCUT2D eigenvalue weighted by Crippen LogP contribution is 2.14. The maximum atomic E-state index is 12.5. The molecule has 0 radical (unpaired) electrons. The van der Waals surface area contributed by atoms with Gasteiger partial charge in [-0.25, -0.2) is 9.78 Å². The summed E-state index contributed by atoms with van der Waals surface area (Å²) in [4.78, 5) is 27.9. The van der Waals surface area contributed by atoms with Crippen LogP contribution in [-0.4, -0.2) is 20.5 Å². The highest BCUT2D eigenvalue weighted by molar-refractivity contribution is 5.93. The molecule has 0 aliphatic heterocycles. The van der Waals surface area contributed by atoms with Crippen LogP contribution in [0.25, 0.3) is 16.6 Å². The molecule has 0 spiro atoms. The number of benzene rings is 1. The first kappa shape index (κ1) is 12.3. The smallest absolute Gasteiger partial charge is 0.335 e. The Kier molecular flexibility index (Phi) is 2.75. The van der Waals surface area contributed by atoms with Gasteiger partial charge in [0.05, 0.1) is 16.5 Å². The van der Waals surface area contributed by atoms with Crippen molar-refractivity contribution < 1.29 is 9.90 Å². The molecule has 100 valence electrons. The summed E-state index contributed by atoms with van der Waals surface area (Å²) in [5.74, 6) is -1.06. The average molecular weight is 268 g/mol. The number of carboxylic acid groups (broad SMARTS) is 1. The van der Waals surface area contributed by atoms with Crippen LogP contribution in [0.1, 0.15) is 22.8 Å². The van der Waals surface area contributed by atoms with Crippen molar-refractivity contribution in [1.82, 2.24) is 9.38 Å². The summed E-state index contributed by atoms with van der Waals surface area (Å²) < 4.78 is 1.47. The van der Waals surface area contributed by atoms with Crippen LogP contribution in [0.3, 0.4) is 0 Å². The van der Waals surface area contributed by atoms with Gasteiger partial charge in [-0.2, -0.15) is 0 Å². The number of pyridine rings is 1. The van der Waals surface area contributed by atoms with E-state index in [0.29, 0.717) is 16.6 Å². The van der Waals surface area contributed by atoms with E-state index in [1.807, 2.05) is 13.0 Å². The molecule has 20 heavy (non-hydrogen) atoms. The first-order valence-corrected chi connectivity index (χ1v) is 6.29. The van der Waals surface area contributed by atoms with Crippen molar-refractivity contribution in [2.75, 3.05) is 0 Å². The first-order valence-electron chi connectivity index (χ1n) is 6.29. The Morgan fingerprint density at radius 3 is 2.85 bits per heavy atom. The third kappa shape index (κ3) is 1.75. The van der Waals surface area contributed by atoms with Crippen molar-refractivity contribution in [1.29, 1.82) is 0 Å². The number of hydrogen-bond acceptors (Lipinski definition) is 3. The summed E-state index contributed by atoms with van der Waals surface area (Å²) in [5, 5.41) is 9.32. The van der Waals surface area contributed by atoms with E-state index in [1.165, 1.54) is 16.5 Å². The summed E-state index contributed by atoms with van der Waals surface area (Å²) in [6, 6.07) is 8.13. The van der Waals surface area contributed by atoms with E-state index in [4.69, 9.17) is 5.11 Å². The molecular weight excluding hydrogens is 256 g/mol. The summed E-state index contributed by atoms with van der Waals surface area (Å²) in [6.45, 7) is 2.00. The number of hydrogen-bond donors (Lipinski definition) is 1. The Morgan fingerprint density at radius 1 is 1.35 bits per heavy atom. The molecule has 0 saturated carbocycles. The van der Waals surface area contributed by atoms with E-state index in [9.17, 15) is 9.59 Å². The second-order valence-corrected chi connectivity index (χ2v) is 4.53. The molecular formula is C15H12N2O3. The molecule has 2 heterocycles. The van der Waals surface area contributed by atoms with E-state index >= 15 is 0 Å². The summed E-state index contributed by atoms with van der Waals surface area (Å²) in [6.07, 6.45) is 2.42. The molecule has 0 saturated heterocycles. The first-order chi connectivity index (χ1) is 9.61. The molecule has 5 nitrogen and oxygen atoms in total. The zero-order valence-electron chi connectivity index (χ0n) is 10.8. The minimum atomic E-state index is -1.06. The maximum absolute atomic E-state index is 12.5. The Labute approximate surface area is 114 Å². The lowest BCUT2D eigenvalue weighted by atomic mass is 10.1. The SMILES string of the molecule is CCc1cccn2c(=O)c3cc(C(=O)O)ccc3nc12. The van der Waals surface area contributed by atoms with Crippen molar-refractivity contribution >= 4 is 22.5 Å². The molecule has 0 aliphatic rings. The fourth-order valence-electron chi connectivity index (χ4n) is 2.29. The molecule has 0 aliphatic carbocycles. The van der Waals surface area contributed by atoms with Gasteiger partial charge in [-0.15, -0.1) is 0 Å². The lowest BCUT2D eigenvalue weighted by Gasteiger charge is -2.07. The largest absolute Gasteiger partial charge is 0.478 e. The van der Waals surface area contributed by atoms with Gasteiger partial charge in [-0.1, -0.05) is 13.0 Å². The molecule has 5 heteroatoms. The van der Waals surface area contributed by atoms with Gasteiger partial charge in [0.1, 0.15) is 5.65 Å². The zero-order valence-corrected chi connectivity index (χ0v) is 10.8. The maximum Gasteiger partial charge on any atom is 0.335 e. The fraction of sp³-hybridized carbons (Fsp3) is 0.133. The quantitative estimate of drug-likeness (QED) is 0.722. The van der Waals surface area contributed by atoms with Crippen molar-refractivity contribution in [3.8, 4) is 0 Å². The number of aromatic nitrogens is 2. The number of rotatable bonds is 2.